The number of amides is 2. The van der Waals surface area contributed by atoms with Crippen LogP contribution < -0.4 is 10.6 Å². The van der Waals surface area contributed by atoms with Crippen molar-refractivity contribution in [2.45, 2.75) is 13.0 Å². The van der Waals surface area contributed by atoms with Crippen LogP contribution in [0.15, 0.2) is 42.5 Å². The fourth-order valence-corrected chi connectivity index (χ4v) is 2.27. The molecule has 0 saturated heterocycles. The van der Waals surface area contributed by atoms with Gasteiger partial charge in [-0.1, -0.05) is 29.8 Å². The van der Waals surface area contributed by atoms with Crippen molar-refractivity contribution in [3.05, 3.63) is 64.4 Å². The van der Waals surface area contributed by atoms with Crippen LogP contribution in [0.1, 0.15) is 22.3 Å². The van der Waals surface area contributed by atoms with E-state index in [9.17, 15) is 18.8 Å². The first-order valence-electron chi connectivity index (χ1n) is 7.58. The van der Waals surface area contributed by atoms with Crippen molar-refractivity contribution in [3.8, 4) is 0 Å². The zero-order valence-electron chi connectivity index (χ0n) is 13.8. The quantitative estimate of drug-likeness (QED) is 0.598. The average Bonchev–Trinajstić information content (AvgIpc) is 2.62. The molecule has 8 heteroatoms. The first-order chi connectivity index (χ1) is 12.4. The summed E-state index contributed by atoms with van der Waals surface area (Å²) in [5, 5.41) is 5.13. The van der Waals surface area contributed by atoms with Crippen molar-refractivity contribution >= 4 is 35.1 Å². The van der Waals surface area contributed by atoms with Crippen molar-refractivity contribution in [2.75, 3.05) is 12.4 Å². The predicted octanol–water partition coefficient (Wildman–Crippen LogP) is 2.91. The molecule has 0 fully saturated rings. The van der Waals surface area contributed by atoms with Crippen LogP contribution in [0.25, 0.3) is 0 Å². The highest BCUT2D eigenvalue weighted by Gasteiger charge is 2.14. The summed E-state index contributed by atoms with van der Waals surface area (Å²) in [7, 11) is 1.23. The van der Waals surface area contributed by atoms with Gasteiger partial charge in [0.2, 0.25) is 11.8 Å². The van der Waals surface area contributed by atoms with E-state index in [0.717, 1.165) is 0 Å². The fraction of sp³-hybridized carbons (Fsp3) is 0.167. The maximum absolute atomic E-state index is 13.5. The van der Waals surface area contributed by atoms with Crippen LogP contribution in [0.4, 0.5) is 10.1 Å². The summed E-state index contributed by atoms with van der Waals surface area (Å²) in [6.07, 6.45) is -0.479. The highest BCUT2D eigenvalue weighted by atomic mass is 35.5. The first kappa shape index (κ1) is 19.4. The summed E-state index contributed by atoms with van der Waals surface area (Å²) in [6, 6.07) is 10.2. The van der Waals surface area contributed by atoms with E-state index in [1.165, 1.54) is 37.4 Å². The van der Waals surface area contributed by atoms with Gasteiger partial charge in [-0.25, -0.2) is 9.18 Å². The number of esters is 1. The van der Waals surface area contributed by atoms with E-state index in [1.54, 1.807) is 12.1 Å². The van der Waals surface area contributed by atoms with Crippen LogP contribution in [0, 0.1) is 5.82 Å². The summed E-state index contributed by atoms with van der Waals surface area (Å²) in [5.41, 5.74) is 0.702. The Bertz CT molecular complexity index is 842. The molecule has 2 amide bonds. The second-order valence-electron chi connectivity index (χ2n) is 5.28. The second kappa shape index (κ2) is 8.96. The van der Waals surface area contributed by atoms with Crippen LogP contribution in [0.2, 0.25) is 5.02 Å². The number of hydrogen-bond donors (Lipinski definition) is 2. The summed E-state index contributed by atoms with van der Waals surface area (Å²) in [5.74, 6) is -2.23. The lowest BCUT2D eigenvalue weighted by Crippen LogP contribution is -2.28. The number of nitrogens with one attached hydrogen (secondary N) is 2. The molecule has 0 unspecified atom stereocenters. The molecule has 0 bridgehead atoms. The topological polar surface area (TPSA) is 84.5 Å². The largest absolute Gasteiger partial charge is 0.465 e. The van der Waals surface area contributed by atoms with Crippen LogP contribution in [-0.2, 0) is 20.9 Å². The van der Waals surface area contributed by atoms with Crippen LogP contribution >= 0.6 is 11.6 Å². The predicted molar refractivity (Wildman–Crippen MR) is 94.3 cm³/mol. The molecule has 0 saturated carbocycles. The van der Waals surface area contributed by atoms with E-state index in [0.29, 0.717) is 5.56 Å². The zero-order chi connectivity index (χ0) is 19.1. The van der Waals surface area contributed by atoms with Gasteiger partial charge in [0.1, 0.15) is 12.2 Å². The molecule has 2 rings (SSSR count). The van der Waals surface area contributed by atoms with E-state index in [4.69, 9.17) is 11.6 Å². The highest BCUT2D eigenvalue weighted by molar-refractivity contribution is 6.34. The number of carbonyl (C=O) groups excluding carboxylic acids is 3. The number of halogens is 2. The Morgan fingerprint density at radius 3 is 2.54 bits per heavy atom. The van der Waals surface area contributed by atoms with E-state index in [2.05, 4.69) is 15.4 Å². The average molecular weight is 379 g/mol. The molecule has 0 aliphatic heterocycles. The lowest BCUT2D eigenvalue weighted by Gasteiger charge is -2.09. The van der Waals surface area contributed by atoms with Crippen molar-refractivity contribution in [3.63, 3.8) is 0 Å². The lowest BCUT2D eigenvalue weighted by atomic mass is 10.2. The Labute approximate surface area is 154 Å². The molecule has 6 nitrogen and oxygen atoms in total. The normalized spacial score (nSPS) is 10.1. The lowest BCUT2D eigenvalue weighted by molar-refractivity contribution is -0.126. The molecular formula is C18H16ClFN2O4. The standard InChI is InChI=1S/C18H16ClFN2O4/c1-26-18(25)11-6-7-13(19)15(8-11)22-17(24)9-16(23)21-10-12-4-2-3-5-14(12)20/h2-8H,9-10H2,1H3,(H,21,23)(H,22,24). The molecule has 136 valence electrons. The molecular weight excluding hydrogens is 363 g/mol. The van der Waals surface area contributed by atoms with E-state index in [-0.39, 0.29) is 22.8 Å². The Balaban J connectivity index is 1.93. The van der Waals surface area contributed by atoms with Gasteiger partial charge in [0.15, 0.2) is 0 Å². The zero-order valence-corrected chi connectivity index (χ0v) is 14.6. The molecule has 0 radical (unpaired) electrons. The molecule has 2 N–H and O–H groups in total. The number of hydrogen-bond acceptors (Lipinski definition) is 4. The van der Waals surface area contributed by atoms with Gasteiger partial charge < -0.3 is 15.4 Å². The molecule has 26 heavy (non-hydrogen) atoms. The minimum atomic E-state index is -0.625. The Morgan fingerprint density at radius 1 is 1.12 bits per heavy atom. The fourth-order valence-electron chi connectivity index (χ4n) is 2.10. The summed E-state index contributed by atoms with van der Waals surface area (Å²) in [6.45, 7) is -0.0304. The van der Waals surface area contributed by atoms with Gasteiger partial charge in [-0.15, -0.1) is 0 Å². The summed E-state index contributed by atoms with van der Waals surface area (Å²) in [4.78, 5) is 35.3. The Morgan fingerprint density at radius 2 is 1.85 bits per heavy atom. The number of methoxy groups -OCH3 is 1. The minimum absolute atomic E-state index is 0.0304. The Hall–Kier alpha value is -2.93. The van der Waals surface area contributed by atoms with Gasteiger partial charge in [-0.05, 0) is 24.3 Å². The van der Waals surface area contributed by atoms with Gasteiger partial charge in [-0.2, -0.15) is 0 Å². The van der Waals surface area contributed by atoms with Crippen LogP contribution in [0.5, 0.6) is 0 Å². The van der Waals surface area contributed by atoms with Crippen LogP contribution in [0.3, 0.4) is 0 Å². The summed E-state index contributed by atoms with van der Waals surface area (Å²) < 4.78 is 18.1. The van der Waals surface area contributed by atoms with Gasteiger partial charge in [0, 0.05) is 12.1 Å². The third kappa shape index (κ3) is 5.29. The summed E-state index contributed by atoms with van der Waals surface area (Å²) >= 11 is 5.97. The molecule has 0 aliphatic carbocycles. The molecule has 2 aromatic rings. The molecule has 0 spiro atoms. The number of rotatable bonds is 6. The van der Waals surface area contributed by atoms with Gasteiger partial charge >= 0.3 is 5.97 Å². The van der Waals surface area contributed by atoms with E-state index < -0.39 is 30.0 Å². The first-order valence-corrected chi connectivity index (χ1v) is 7.96. The van der Waals surface area contributed by atoms with Gasteiger partial charge in [-0.3, -0.25) is 9.59 Å². The molecule has 0 heterocycles. The van der Waals surface area contributed by atoms with Crippen molar-refractivity contribution in [2.24, 2.45) is 0 Å². The van der Waals surface area contributed by atoms with Crippen molar-refractivity contribution in [1.82, 2.24) is 5.32 Å². The third-order valence-electron chi connectivity index (χ3n) is 3.42. The minimum Gasteiger partial charge on any atom is -0.465 e. The Kier molecular flexibility index (Phi) is 6.68. The van der Waals surface area contributed by atoms with Crippen LogP contribution in [-0.4, -0.2) is 24.9 Å². The number of carbonyl (C=O) groups is 3. The number of benzene rings is 2. The smallest absolute Gasteiger partial charge is 0.337 e. The number of ether oxygens (including phenoxy) is 1. The maximum atomic E-state index is 13.5. The molecule has 0 aromatic heterocycles. The maximum Gasteiger partial charge on any atom is 0.337 e. The second-order valence-corrected chi connectivity index (χ2v) is 5.69. The molecule has 2 aromatic carbocycles. The van der Waals surface area contributed by atoms with Gasteiger partial charge in [0.05, 0.1) is 23.4 Å². The monoisotopic (exact) mass is 378 g/mol. The van der Waals surface area contributed by atoms with E-state index in [1.807, 2.05) is 0 Å². The van der Waals surface area contributed by atoms with E-state index >= 15 is 0 Å². The molecule has 0 aliphatic rings. The van der Waals surface area contributed by atoms with Gasteiger partial charge in [0.25, 0.3) is 0 Å². The van der Waals surface area contributed by atoms with Crippen molar-refractivity contribution < 1.29 is 23.5 Å². The molecule has 0 atom stereocenters. The SMILES string of the molecule is COC(=O)c1ccc(Cl)c(NC(=O)CC(=O)NCc2ccccc2F)c1. The highest BCUT2D eigenvalue weighted by Crippen LogP contribution is 2.23. The number of anilines is 1. The third-order valence-corrected chi connectivity index (χ3v) is 3.75. The van der Waals surface area contributed by atoms with Crippen molar-refractivity contribution in [1.29, 1.82) is 0 Å².